The van der Waals surface area contributed by atoms with E-state index in [1.54, 1.807) is 0 Å². The number of benzene rings is 10. The number of para-hydroxylation sites is 4. The van der Waals surface area contributed by atoms with Crippen LogP contribution in [0.25, 0.3) is 66.1 Å². The molecule has 12 aromatic rings. The Balaban J connectivity index is 1.09. The highest BCUT2D eigenvalue weighted by atomic mass is 15.1. The number of nitriles is 1. The van der Waals surface area contributed by atoms with Crippen LogP contribution in [0.15, 0.2) is 231 Å². The van der Waals surface area contributed by atoms with Gasteiger partial charge in [0.15, 0.2) is 0 Å². The lowest BCUT2D eigenvalue weighted by Gasteiger charge is -2.25. The molecule has 0 N–H and O–H groups in total. The maximum Gasteiger partial charge on any atom is 0.0991 e. The van der Waals surface area contributed by atoms with Crippen molar-refractivity contribution in [1.82, 2.24) is 9.13 Å². The van der Waals surface area contributed by atoms with Crippen LogP contribution in [-0.2, 0) is 0 Å². The van der Waals surface area contributed by atoms with Crippen LogP contribution in [0.2, 0.25) is 0 Å². The summed E-state index contributed by atoms with van der Waals surface area (Å²) in [6.07, 6.45) is 0. The fourth-order valence-corrected chi connectivity index (χ4v) is 10.3. The van der Waals surface area contributed by atoms with Crippen molar-refractivity contribution in [3.8, 4) is 28.6 Å². The minimum atomic E-state index is 0.602. The Morgan fingerprint density at radius 1 is 0.319 bits per heavy atom. The molecule has 328 valence electrons. The predicted molar refractivity (Wildman–Crippen MR) is 289 cm³/mol. The zero-order valence-electron chi connectivity index (χ0n) is 38.7. The molecule has 0 radical (unpaired) electrons. The maximum absolute atomic E-state index is 10.5. The molecule has 0 spiro atoms. The molecular weight excluding hydrogens is 839 g/mol. The van der Waals surface area contributed by atoms with Gasteiger partial charge in [-0.25, -0.2) is 0 Å². The van der Waals surface area contributed by atoms with Crippen molar-refractivity contribution in [3.05, 3.63) is 253 Å². The Morgan fingerprint density at radius 2 is 0.696 bits per heavy atom. The Kier molecular flexibility index (Phi) is 10.2. The third-order valence-electron chi connectivity index (χ3n) is 13.4. The first-order chi connectivity index (χ1) is 33.9. The first kappa shape index (κ1) is 41.3. The van der Waals surface area contributed by atoms with Gasteiger partial charge in [0.05, 0.1) is 45.1 Å². The van der Waals surface area contributed by atoms with Gasteiger partial charge in [-0.15, -0.1) is 0 Å². The summed E-state index contributed by atoms with van der Waals surface area (Å²) in [6, 6.07) is 84.9. The van der Waals surface area contributed by atoms with Gasteiger partial charge < -0.3 is 18.9 Å². The van der Waals surface area contributed by atoms with Crippen molar-refractivity contribution in [2.24, 2.45) is 0 Å². The summed E-state index contributed by atoms with van der Waals surface area (Å²) in [6.45, 7) is 6.49. The monoisotopic (exact) mass is 885 g/mol. The molecule has 5 nitrogen and oxygen atoms in total. The molecule has 0 saturated heterocycles. The van der Waals surface area contributed by atoms with Crippen molar-refractivity contribution in [1.29, 1.82) is 5.26 Å². The van der Waals surface area contributed by atoms with Crippen molar-refractivity contribution in [3.63, 3.8) is 0 Å². The molecule has 0 saturated carbocycles. The van der Waals surface area contributed by atoms with Crippen LogP contribution in [-0.4, -0.2) is 9.13 Å². The zero-order chi connectivity index (χ0) is 46.6. The predicted octanol–water partition coefficient (Wildman–Crippen LogP) is 17.3. The van der Waals surface area contributed by atoms with E-state index in [0.717, 1.165) is 95.0 Å². The molecule has 2 heterocycles. The molecule has 0 fully saturated rings. The molecule has 12 rings (SSSR count). The molecule has 0 atom stereocenters. The molecule has 2 aromatic heterocycles. The quantitative estimate of drug-likeness (QED) is 0.145. The molecule has 0 aliphatic carbocycles. The number of fused-ring (bicyclic) bond motifs is 6. The third kappa shape index (κ3) is 7.18. The lowest BCUT2D eigenvalue weighted by Crippen LogP contribution is -2.09. The smallest absolute Gasteiger partial charge is 0.0991 e. The van der Waals surface area contributed by atoms with Gasteiger partial charge in [0.2, 0.25) is 0 Å². The van der Waals surface area contributed by atoms with Crippen LogP contribution in [0.3, 0.4) is 0 Å². The van der Waals surface area contributed by atoms with Crippen LogP contribution in [0.5, 0.6) is 0 Å². The summed E-state index contributed by atoms with van der Waals surface area (Å²) in [5.74, 6) is 0. The average molecular weight is 886 g/mol. The number of aromatic nitrogens is 2. The van der Waals surface area contributed by atoms with E-state index in [9.17, 15) is 5.26 Å². The molecule has 0 amide bonds. The third-order valence-corrected chi connectivity index (χ3v) is 13.4. The number of nitrogens with zero attached hydrogens (tertiary/aromatic N) is 5. The second-order valence-corrected chi connectivity index (χ2v) is 18.0. The number of rotatable bonds is 9. The van der Waals surface area contributed by atoms with E-state index >= 15 is 0 Å². The van der Waals surface area contributed by atoms with E-state index in [4.69, 9.17) is 0 Å². The Hall–Kier alpha value is -9.11. The molecule has 0 bridgehead atoms. The van der Waals surface area contributed by atoms with Crippen LogP contribution in [0, 0.1) is 32.1 Å². The summed E-state index contributed by atoms with van der Waals surface area (Å²) >= 11 is 0. The standard InChI is InChI=1S/C64H47N5/c1-43-25-31-59-54(36-43)57-40-51(66(47-16-8-4-9-17-47)48-18-10-5-11-19-48)28-34-62(57)68(59)61-33-27-46(42-65)39-56(61)53-30-24-45(3)38-64(53)69-60-32-26-44(2)37-55(60)58-41-52(29-35-63(58)69)67(49-20-12-6-13-21-49)50-22-14-7-15-23-50/h4-41H,1-3H3. The number of hydrogen-bond donors (Lipinski definition) is 0. The average Bonchev–Trinajstić information content (AvgIpc) is 3.88. The van der Waals surface area contributed by atoms with Crippen molar-refractivity contribution < 1.29 is 0 Å². The highest BCUT2D eigenvalue weighted by molar-refractivity contribution is 6.13. The molecule has 0 aliphatic rings. The highest BCUT2D eigenvalue weighted by Gasteiger charge is 2.24. The minimum Gasteiger partial charge on any atom is -0.310 e. The highest BCUT2D eigenvalue weighted by Crippen LogP contribution is 2.45. The number of hydrogen-bond acceptors (Lipinski definition) is 3. The summed E-state index contributed by atoms with van der Waals surface area (Å²) in [5, 5.41) is 15.2. The van der Waals surface area contributed by atoms with Crippen LogP contribution >= 0.6 is 0 Å². The fourth-order valence-electron chi connectivity index (χ4n) is 10.3. The summed E-state index contributed by atoms with van der Waals surface area (Å²) in [4.78, 5) is 4.65. The van der Waals surface area contributed by atoms with E-state index in [2.05, 4.69) is 270 Å². The second-order valence-electron chi connectivity index (χ2n) is 18.0. The molecular formula is C64H47N5. The molecule has 0 unspecified atom stereocenters. The number of anilines is 6. The lowest BCUT2D eigenvalue weighted by atomic mass is 9.97. The van der Waals surface area contributed by atoms with Crippen LogP contribution < -0.4 is 9.80 Å². The maximum atomic E-state index is 10.5. The van der Waals surface area contributed by atoms with E-state index in [-0.39, 0.29) is 0 Å². The van der Waals surface area contributed by atoms with Crippen molar-refractivity contribution in [2.75, 3.05) is 9.80 Å². The minimum absolute atomic E-state index is 0.602. The fraction of sp³-hybridized carbons (Fsp3) is 0.0469. The Labute approximate surface area is 402 Å². The van der Waals surface area contributed by atoms with Crippen LogP contribution in [0.1, 0.15) is 22.3 Å². The summed E-state index contributed by atoms with van der Waals surface area (Å²) in [5.41, 5.74) is 19.1. The summed E-state index contributed by atoms with van der Waals surface area (Å²) < 4.78 is 4.82. The van der Waals surface area contributed by atoms with Crippen LogP contribution in [0.4, 0.5) is 34.1 Å². The second kappa shape index (κ2) is 17.0. The zero-order valence-corrected chi connectivity index (χ0v) is 38.7. The topological polar surface area (TPSA) is 40.1 Å². The molecule has 69 heavy (non-hydrogen) atoms. The normalized spacial score (nSPS) is 11.4. The Bertz CT molecular complexity index is 3860. The Morgan fingerprint density at radius 3 is 1.13 bits per heavy atom. The van der Waals surface area contributed by atoms with Crippen molar-refractivity contribution in [2.45, 2.75) is 20.8 Å². The van der Waals surface area contributed by atoms with E-state index in [0.29, 0.717) is 5.56 Å². The van der Waals surface area contributed by atoms with Crippen molar-refractivity contribution >= 4 is 77.7 Å². The largest absolute Gasteiger partial charge is 0.310 e. The van der Waals surface area contributed by atoms with E-state index in [1.165, 1.54) is 21.9 Å². The van der Waals surface area contributed by atoms with E-state index < -0.39 is 0 Å². The van der Waals surface area contributed by atoms with Gasteiger partial charge in [0.25, 0.3) is 0 Å². The van der Waals surface area contributed by atoms with Gasteiger partial charge >= 0.3 is 0 Å². The first-order valence-electron chi connectivity index (χ1n) is 23.5. The number of aryl methyl sites for hydroxylation is 3. The summed E-state index contributed by atoms with van der Waals surface area (Å²) in [7, 11) is 0. The van der Waals surface area contributed by atoms with Gasteiger partial charge in [-0.1, -0.05) is 108 Å². The van der Waals surface area contributed by atoms with E-state index in [1.807, 2.05) is 6.07 Å². The first-order valence-corrected chi connectivity index (χ1v) is 23.5. The molecule has 5 heteroatoms. The van der Waals surface area contributed by atoms with Gasteiger partial charge in [-0.3, -0.25) is 0 Å². The van der Waals surface area contributed by atoms with Gasteiger partial charge in [0.1, 0.15) is 0 Å². The van der Waals surface area contributed by atoms with Gasteiger partial charge in [0, 0.05) is 66.8 Å². The van der Waals surface area contributed by atoms with Gasteiger partial charge in [-0.05, 0) is 160 Å². The lowest BCUT2D eigenvalue weighted by molar-refractivity contribution is 1.15. The van der Waals surface area contributed by atoms with Gasteiger partial charge in [-0.2, -0.15) is 5.26 Å². The molecule has 0 aliphatic heterocycles. The molecule has 10 aromatic carbocycles. The SMILES string of the molecule is Cc1ccc(-c2cc(C#N)ccc2-n2c3ccc(C)cc3c3cc(N(c4ccccc4)c4ccccc4)ccc32)c(-n2c3ccc(C)cc3c3cc(N(c4ccccc4)c4ccccc4)ccc32)c1.